The van der Waals surface area contributed by atoms with E-state index in [1.165, 1.54) is 0 Å². The molecule has 3 heterocycles. The molecule has 0 atom stereocenters. The maximum atomic E-state index is 5.85. The summed E-state index contributed by atoms with van der Waals surface area (Å²) in [7, 11) is 1.93. The minimum atomic E-state index is 0.537. The average Bonchev–Trinajstić information content (AvgIpc) is 2.96. The summed E-state index contributed by atoms with van der Waals surface area (Å²) < 4.78 is 4.01. The van der Waals surface area contributed by atoms with Crippen molar-refractivity contribution in [3.8, 4) is 0 Å². The van der Waals surface area contributed by atoms with Crippen molar-refractivity contribution in [3.05, 3.63) is 36.4 Å². The number of alkyl halides is 1. The maximum absolute atomic E-state index is 5.85. The van der Waals surface area contributed by atoms with Crippen molar-refractivity contribution in [3.63, 3.8) is 0 Å². The molecule has 0 saturated carbocycles. The van der Waals surface area contributed by atoms with Crippen LogP contribution in [0.25, 0.3) is 11.0 Å². The first-order chi connectivity index (χ1) is 9.29. The van der Waals surface area contributed by atoms with E-state index in [-0.39, 0.29) is 0 Å². The van der Waals surface area contributed by atoms with Gasteiger partial charge in [-0.15, -0.1) is 21.8 Å². The van der Waals surface area contributed by atoms with Gasteiger partial charge in [0.2, 0.25) is 0 Å². The Kier molecular flexibility index (Phi) is 3.16. The summed E-state index contributed by atoms with van der Waals surface area (Å²) in [4.78, 5) is 8.67. The van der Waals surface area contributed by atoms with Crippen molar-refractivity contribution in [2.24, 2.45) is 7.05 Å². The predicted octanol–water partition coefficient (Wildman–Crippen LogP) is 1.39. The average molecular weight is 277 g/mol. The number of aromatic nitrogens is 6. The Morgan fingerprint density at radius 2 is 2.21 bits per heavy atom. The van der Waals surface area contributed by atoms with Crippen LogP contribution < -0.4 is 0 Å². The van der Waals surface area contributed by atoms with E-state index in [1.807, 2.05) is 17.7 Å². The summed E-state index contributed by atoms with van der Waals surface area (Å²) in [6.07, 6.45) is 5.94. The molecule has 0 spiro atoms. The number of hydrogen-bond acceptors (Lipinski definition) is 4. The zero-order valence-corrected chi connectivity index (χ0v) is 11.2. The van der Waals surface area contributed by atoms with E-state index in [0.29, 0.717) is 18.8 Å². The van der Waals surface area contributed by atoms with Crippen LogP contribution in [0.15, 0.2) is 24.8 Å². The third-order valence-corrected chi connectivity index (χ3v) is 3.24. The molecule has 3 aromatic rings. The highest BCUT2D eigenvalue weighted by molar-refractivity contribution is 6.17. The molecule has 0 amide bonds. The summed E-state index contributed by atoms with van der Waals surface area (Å²) in [5, 5.41) is 8.01. The Morgan fingerprint density at radius 1 is 1.32 bits per heavy atom. The zero-order chi connectivity index (χ0) is 13.2. The molecule has 0 aliphatic heterocycles. The van der Waals surface area contributed by atoms with E-state index in [4.69, 9.17) is 11.6 Å². The molecule has 0 N–H and O–H groups in total. The summed E-state index contributed by atoms with van der Waals surface area (Å²) >= 11 is 5.85. The number of aryl methyl sites for hydroxylation is 2. The number of fused-ring (bicyclic) bond motifs is 1. The van der Waals surface area contributed by atoms with Gasteiger partial charge in [0, 0.05) is 25.5 Å². The molecule has 0 aliphatic carbocycles. The first-order valence-electron chi connectivity index (χ1n) is 5.97. The van der Waals surface area contributed by atoms with Crippen LogP contribution in [0.2, 0.25) is 0 Å². The molecule has 3 aromatic heterocycles. The van der Waals surface area contributed by atoms with Gasteiger partial charge >= 0.3 is 0 Å². The van der Waals surface area contributed by atoms with Gasteiger partial charge in [-0.3, -0.25) is 4.98 Å². The Balaban J connectivity index is 2.09. The second-order valence-corrected chi connectivity index (χ2v) is 4.65. The molecule has 0 saturated heterocycles. The van der Waals surface area contributed by atoms with Gasteiger partial charge in [-0.05, 0) is 6.07 Å². The smallest absolute Gasteiger partial charge is 0.152 e. The van der Waals surface area contributed by atoms with E-state index < -0.39 is 0 Å². The SMILES string of the molecule is Cn1cnnc1Cn1c(CCCl)nc2cnccc21. The van der Waals surface area contributed by atoms with Crippen LogP contribution in [0.3, 0.4) is 0 Å². The first-order valence-corrected chi connectivity index (χ1v) is 6.51. The second-order valence-electron chi connectivity index (χ2n) is 4.28. The van der Waals surface area contributed by atoms with Gasteiger partial charge in [-0.25, -0.2) is 4.98 Å². The van der Waals surface area contributed by atoms with Crippen molar-refractivity contribution in [2.75, 3.05) is 5.88 Å². The quantitative estimate of drug-likeness (QED) is 0.676. The Morgan fingerprint density at radius 3 is 2.95 bits per heavy atom. The molecule has 0 fully saturated rings. The van der Waals surface area contributed by atoms with Crippen LogP contribution in [-0.4, -0.2) is 35.2 Å². The van der Waals surface area contributed by atoms with Gasteiger partial charge < -0.3 is 9.13 Å². The molecular formula is C12H13ClN6. The van der Waals surface area contributed by atoms with Gasteiger partial charge in [0.25, 0.3) is 0 Å². The van der Waals surface area contributed by atoms with Gasteiger partial charge in [0.1, 0.15) is 17.7 Å². The fourth-order valence-electron chi connectivity index (χ4n) is 2.08. The van der Waals surface area contributed by atoms with Gasteiger partial charge in [0.15, 0.2) is 5.82 Å². The lowest BCUT2D eigenvalue weighted by Gasteiger charge is -2.07. The normalized spacial score (nSPS) is 11.3. The number of hydrogen-bond donors (Lipinski definition) is 0. The van der Waals surface area contributed by atoms with Gasteiger partial charge in [-0.2, -0.15) is 0 Å². The van der Waals surface area contributed by atoms with Gasteiger partial charge in [0.05, 0.1) is 18.3 Å². The van der Waals surface area contributed by atoms with Crippen LogP contribution in [0.1, 0.15) is 11.6 Å². The highest BCUT2D eigenvalue weighted by Gasteiger charge is 2.12. The lowest BCUT2D eigenvalue weighted by atomic mass is 10.4. The summed E-state index contributed by atoms with van der Waals surface area (Å²) in [6.45, 7) is 0.628. The standard InChI is InChI=1S/C12H13ClN6/c1-18-8-15-17-12(18)7-19-10-3-5-14-6-9(10)16-11(19)2-4-13/h3,5-6,8H,2,4,7H2,1H3. The van der Waals surface area contributed by atoms with E-state index >= 15 is 0 Å². The molecule has 19 heavy (non-hydrogen) atoms. The topological polar surface area (TPSA) is 61.4 Å². The third-order valence-electron chi connectivity index (χ3n) is 3.05. The maximum Gasteiger partial charge on any atom is 0.152 e. The number of nitrogens with zero attached hydrogens (tertiary/aromatic N) is 6. The molecule has 0 radical (unpaired) electrons. The van der Waals surface area contributed by atoms with E-state index in [9.17, 15) is 0 Å². The van der Waals surface area contributed by atoms with Crippen LogP contribution >= 0.6 is 11.6 Å². The van der Waals surface area contributed by atoms with Crippen molar-refractivity contribution in [2.45, 2.75) is 13.0 Å². The molecule has 0 unspecified atom stereocenters. The molecule has 0 bridgehead atoms. The fraction of sp³-hybridized carbons (Fsp3) is 0.333. The van der Waals surface area contributed by atoms with Crippen molar-refractivity contribution in [1.82, 2.24) is 29.3 Å². The lowest BCUT2D eigenvalue weighted by Crippen LogP contribution is -2.09. The van der Waals surface area contributed by atoms with Crippen molar-refractivity contribution in [1.29, 1.82) is 0 Å². The predicted molar refractivity (Wildman–Crippen MR) is 72.1 cm³/mol. The lowest BCUT2D eigenvalue weighted by molar-refractivity contribution is 0.680. The molecule has 3 rings (SSSR count). The van der Waals surface area contributed by atoms with Crippen LogP contribution in [-0.2, 0) is 20.0 Å². The molecule has 7 heteroatoms. The second kappa shape index (κ2) is 4.97. The highest BCUT2D eigenvalue weighted by atomic mass is 35.5. The molecular weight excluding hydrogens is 264 g/mol. The zero-order valence-electron chi connectivity index (χ0n) is 10.5. The minimum absolute atomic E-state index is 0.537. The van der Waals surface area contributed by atoms with E-state index in [1.54, 1.807) is 18.7 Å². The number of rotatable bonds is 4. The molecule has 0 aromatic carbocycles. The van der Waals surface area contributed by atoms with E-state index in [0.717, 1.165) is 22.7 Å². The van der Waals surface area contributed by atoms with Gasteiger partial charge in [-0.1, -0.05) is 0 Å². The molecule has 98 valence electrons. The summed E-state index contributed by atoms with van der Waals surface area (Å²) in [5.41, 5.74) is 1.92. The number of imidazole rings is 1. The Hall–Kier alpha value is -1.95. The highest BCUT2D eigenvalue weighted by Crippen LogP contribution is 2.17. The minimum Gasteiger partial charge on any atom is -0.320 e. The first kappa shape index (κ1) is 12.1. The Labute approximate surface area is 115 Å². The van der Waals surface area contributed by atoms with E-state index in [2.05, 4.69) is 24.7 Å². The fourth-order valence-corrected chi connectivity index (χ4v) is 2.24. The van der Waals surface area contributed by atoms with Crippen molar-refractivity contribution < 1.29 is 0 Å². The largest absolute Gasteiger partial charge is 0.320 e. The number of pyridine rings is 1. The van der Waals surface area contributed by atoms with Crippen molar-refractivity contribution >= 4 is 22.6 Å². The molecule has 6 nitrogen and oxygen atoms in total. The monoisotopic (exact) mass is 276 g/mol. The summed E-state index contributed by atoms with van der Waals surface area (Å²) in [5.74, 6) is 2.36. The van der Waals surface area contributed by atoms with Crippen LogP contribution in [0.4, 0.5) is 0 Å². The Bertz CT molecular complexity index is 701. The molecule has 0 aliphatic rings. The van der Waals surface area contributed by atoms with Crippen LogP contribution in [0, 0.1) is 0 Å². The summed E-state index contributed by atoms with van der Waals surface area (Å²) in [6, 6.07) is 1.95. The number of halogens is 1. The van der Waals surface area contributed by atoms with Crippen LogP contribution in [0.5, 0.6) is 0 Å². The third kappa shape index (κ3) is 2.19.